The van der Waals surface area contributed by atoms with Gasteiger partial charge in [0.15, 0.2) is 0 Å². The van der Waals surface area contributed by atoms with Crippen LogP contribution in [-0.4, -0.2) is 13.4 Å². The maximum atomic E-state index is 14.1. The zero-order valence-electron chi connectivity index (χ0n) is 13.2. The van der Waals surface area contributed by atoms with Crippen molar-refractivity contribution in [2.45, 2.75) is 11.8 Å². The van der Waals surface area contributed by atoms with Crippen molar-refractivity contribution in [2.75, 3.05) is 0 Å². The first-order chi connectivity index (χ1) is 11.8. The molecule has 1 aromatic heterocycles. The van der Waals surface area contributed by atoms with E-state index >= 15 is 0 Å². The summed E-state index contributed by atoms with van der Waals surface area (Å²) >= 11 is 0. The lowest BCUT2D eigenvalue weighted by molar-refractivity contribution is 0.568. The van der Waals surface area contributed by atoms with E-state index in [1.165, 1.54) is 18.3 Å². The summed E-state index contributed by atoms with van der Waals surface area (Å²) in [5.74, 6) is -1.32. The summed E-state index contributed by atoms with van der Waals surface area (Å²) in [4.78, 5) is 3.65. The molecule has 0 unspecified atom stereocenters. The second-order valence-corrected chi connectivity index (χ2v) is 7.08. The van der Waals surface area contributed by atoms with Gasteiger partial charge in [-0.25, -0.2) is 22.3 Å². The molecular formula is C18H14F2N2O2S. The van der Waals surface area contributed by atoms with Gasteiger partial charge in [-0.05, 0) is 42.3 Å². The van der Waals surface area contributed by atoms with Crippen LogP contribution in [0, 0.1) is 18.6 Å². The maximum Gasteiger partial charge on any atom is 0.240 e. The molecule has 0 saturated carbocycles. The third-order valence-electron chi connectivity index (χ3n) is 3.80. The Morgan fingerprint density at radius 2 is 1.64 bits per heavy atom. The molecule has 0 amide bonds. The smallest absolute Gasteiger partial charge is 0.240 e. The fraction of sp³-hybridized carbons (Fsp3) is 0.0556. The number of pyridine rings is 1. The lowest BCUT2D eigenvalue weighted by atomic mass is 9.98. The molecule has 3 rings (SSSR count). The highest BCUT2D eigenvalue weighted by Gasteiger charge is 2.17. The molecule has 0 spiro atoms. The third kappa shape index (κ3) is 3.42. The Hall–Kier alpha value is -2.64. The minimum Gasteiger partial charge on any atom is -0.256 e. The number of sulfonamides is 1. The third-order valence-corrected chi connectivity index (χ3v) is 4.75. The molecule has 0 radical (unpaired) electrons. The first-order valence-electron chi connectivity index (χ1n) is 7.31. The molecule has 0 saturated heterocycles. The van der Waals surface area contributed by atoms with E-state index in [-0.39, 0.29) is 5.82 Å². The summed E-state index contributed by atoms with van der Waals surface area (Å²) in [6, 6.07) is 11.7. The summed E-state index contributed by atoms with van der Waals surface area (Å²) in [6.45, 7) is 1.66. The zero-order valence-corrected chi connectivity index (χ0v) is 14.0. The van der Waals surface area contributed by atoms with E-state index in [2.05, 4.69) is 4.98 Å². The van der Waals surface area contributed by atoms with Gasteiger partial charge in [-0.2, -0.15) is 0 Å². The number of aromatic nitrogens is 1. The van der Waals surface area contributed by atoms with Crippen LogP contribution in [0.2, 0.25) is 0 Å². The predicted octanol–water partition coefficient (Wildman–Crippen LogP) is 3.65. The maximum absolute atomic E-state index is 14.1. The van der Waals surface area contributed by atoms with E-state index in [4.69, 9.17) is 5.14 Å². The molecule has 1 heterocycles. The van der Waals surface area contributed by atoms with Crippen LogP contribution >= 0.6 is 0 Å². The van der Waals surface area contributed by atoms with Gasteiger partial charge in [-0.15, -0.1) is 0 Å². The molecule has 0 fully saturated rings. The quantitative estimate of drug-likeness (QED) is 0.775. The summed E-state index contributed by atoms with van der Waals surface area (Å²) < 4.78 is 50.7. The molecule has 7 heteroatoms. The van der Waals surface area contributed by atoms with E-state index in [1.807, 2.05) is 0 Å². The average Bonchev–Trinajstić information content (AvgIpc) is 2.56. The van der Waals surface area contributed by atoms with Crippen LogP contribution in [0.4, 0.5) is 8.78 Å². The average molecular weight is 360 g/mol. The standard InChI is InChI=1S/C18H14F2N2O2S/c1-11-4-5-12(9-15(11)19)14-3-2-8-22-18(14)13-6-7-17(16(20)10-13)25(21,23)24/h2-10H,1H3,(H2,21,23,24). The Balaban J connectivity index is 2.16. The van der Waals surface area contributed by atoms with Crippen molar-refractivity contribution in [3.05, 3.63) is 71.9 Å². The lowest BCUT2D eigenvalue weighted by Gasteiger charge is -2.11. The highest BCUT2D eigenvalue weighted by molar-refractivity contribution is 7.89. The van der Waals surface area contributed by atoms with Crippen LogP contribution in [0.3, 0.4) is 0 Å². The SMILES string of the molecule is Cc1ccc(-c2cccnc2-c2ccc(S(N)(=O)=O)c(F)c2)cc1F. The molecule has 0 aliphatic rings. The normalized spacial score (nSPS) is 11.5. The Bertz CT molecular complexity index is 1070. The highest BCUT2D eigenvalue weighted by Crippen LogP contribution is 2.32. The Labute approximate surface area is 144 Å². The van der Waals surface area contributed by atoms with Gasteiger partial charge in [0, 0.05) is 17.3 Å². The van der Waals surface area contributed by atoms with Crippen molar-refractivity contribution in [1.29, 1.82) is 0 Å². The Morgan fingerprint density at radius 3 is 2.28 bits per heavy atom. The number of nitrogens with two attached hydrogens (primary N) is 1. The van der Waals surface area contributed by atoms with E-state index < -0.39 is 20.7 Å². The number of nitrogens with zero attached hydrogens (tertiary/aromatic N) is 1. The van der Waals surface area contributed by atoms with Crippen LogP contribution < -0.4 is 5.14 Å². The van der Waals surface area contributed by atoms with Crippen LogP contribution in [0.1, 0.15) is 5.56 Å². The lowest BCUT2D eigenvalue weighted by Crippen LogP contribution is -2.14. The Morgan fingerprint density at radius 1 is 0.960 bits per heavy atom. The van der Waals surface area contributed by atoms with Crippen molar-refractivity contribution in [3.8, 4) is 22.4 Å². The molecule has 128 valence electrons. The van der Waals surface area contributed by atoms with Gasteiger partial charge in [0.05, 0.1) is 5.69 Å². The number of aryl methyl sites for hydroxylation is 1. The van der Waals surface area contributed by atoms with Gasteiger partial charge in [-0.1, -0.05) is 24.3 Å². The Kier molecular flexibility index (Phi) is 4.36. The van der Waals surface area contributed by atoms with Crippen LogP contribution in [0.25, 0.3) is 22.4 Å². The molecule has 0 atom stereocenters. The number of primary sulfonamides is 1. The van der Waals surface area contributed by atoms with Crippen LogP contribution in [-0.2, 0) is 10.0 Å². The summed E-state index contributed by atoms with van der Waals surface area (Å²) in [7, 11) is -4.15. The van der Waals surface area contributed by atoms with Crippen molar-refractivity contribution in [2.24, 2.45) is 5.14 Å². The number of rotatable bonds is 3. The van der Waals surface area contributed by atoms with Crippen molar-refractivity contribution < 1.29 is 17.2 Å². The molecule has 4 nitrogen and oxygen atoms in total. The van der Waals surface area contributed by atoms with Gasteiger partial charge >= 0.3 is 0 Å². The second kappa shape index (κ2) is 6.34. The van der Waals surface area contributed by atoms with Gasteiger partial charge in [0.25, 0.3) is 0 Å². The first kappa shape index (κ1) is 17.2. The van der Waals surface area contributed by atoms with Gasteiger partial charge in [0.1, 0.15) is 16.5 Å². The molecule has 2 N–H and O–H groups in total. The molecule has 3 aromatic rings. The van der Waals surface area contributed by atoms with E-state index in [9.17, 15) is 17.2 Å². The van der Waals surface area contributed by atoms with Crippen molar-refractivity contribution in [3.63, 3.8) is 0 Å². The van der Waals surface area contributed by atoms with Crippen molar-refractivity contribution >= 4 is 10.0 Å². The number of hydrogen-bond acceptors (Lipinski definition) is 3. The van der Waals surface area contributed by atoms with Gasteiger partial charge in [-0.3, -0.25) is 4.98 Å². The number of benzene rings is 2. The summed E-state index contributed by atoms with van der Waals surface area (Å²) in [5, 5.41) is 4.97. The zero-order chi connectivity index (χ0) is 18.2. The topological polar surface area (TPSA) is 73.0 Å². The number of halogens is 2. The monoisotopic (exact) mass is 360 g/mol. The largest absolute Gasteiger partial charge is 0.256 e. The molecule has 0 aliphatic carbocycles. The van der Waals surface area contributed by atoms with E-state index in [0.29, 0.717) is 27.9 Å². The second-order valence-electron chi connectivity index (χ2n) is 5.55. The van der Waals surface area contributed by atoms with E-state index in [0.717, 1.165) is 12.1 Å². The number of hydrogen-bond donors (Lipinski definition) is 1. The summed E-state index contributed by atoms with van der Waals surface area (Å²) in [5.41, 5.74) is 2.47. The summed E-state index contributed by atoms with van der Waals surface area (Å²) in [6.07, 6.45) is 1.52. The first-order valence-corrected chi connectivity index (χ1v) is 8.86. The minimum absolute atomic E-state index is 0.358. The van der Waals surface area contributed by atoms with Gasteiger partial charge < -0.3 is 0 Å². The molecular weight excluding hydrogens is 346 g/mol. The fourth-order valence-electron chi connectivity index (χ4n) is 2.51. The molecule has 2 aromatic carbocycles. The minimum atomic E-state index is -4.15. The van der Waals surface area contributed by atoms with Crippen LogP contribution in [0.15, 0.2) is 59.6 Å². The van der Waals surface area contributed by atoms with Crippen molar-refractivity contribution in [1.82, 2.24) is 4.98 Å². The molecule has 25 heavy (non-hydrogen) atoms. The predicted molar refractivity (Wildman–Crippen MR) is 91.1 cm³/mol. The molecule has 0 bridgehead atoms. The molecule has 0 aliphatic heterocycles. The fourth-order valence-corrected chi connectivity index (χ4v) is 3.10. The van der Waals surface area contributed by atoms with E-state index in [1.54, 1.807) is 31.2 Å². The highest BCUT2D eigenvalue weighted by atomic mass is 32.2. The van der Waals surface area contributed by atoms with Crippen LogP contribution in [0.5, 0.6) is 0 Å². The van der Waals surface area contributed by atoms with Gasteiger partial charge in [0.2, 0.25) is 10.0 Å².